The molecule has 3 atom stereocenters. The van der Waals surface area contributed by atoms with Crippen molar-refractivity contribution >= 4 is 5.91 Å². The lowest BCUT2D eigenvalue weighted by Crippen LogP contribution is -2.46. The number of nitrogens with one attached hydrogen (secondary N) is 1. The van der Waals surface area contributed by atoms with E-state index in [1.807, 2.05) is 45.1 Å². The number of carbonyl (C=O) groups excluding carboxylic acids is 1. The van der Waals surface area contributed by atoms with Gasteiger partial charge in [-0.1, -0.05) is 0 Å². The van der Waals surface area contributed by atoms with E-state index < -0.39 is 0 Å². The first kappa shape index (κ1) is 17.0. The summed E-state index contributed by atoms with van der Waals surface area (Å²) in [7, 11) is 1.91. The summed E-state index contributed by atoms with van der Waals surface area (Å²) in [5, 5.41) is 7.60. The first-order valence-corrected chi connectivity index (χ1v) is 8.19. The normalized spacial score (nSPS) is 22.7. The molecule has 1 aromatic rings. The van der Waals surface area contributed by atoms with E-state index in [1.54, 1.807) is 4.68 Å². The average Bonchev–Trinajstić information content (AvgIpc) is 3.14. The van der Waals surface area contributed by atoms with Crippen LogP contribution < -0.4 is 5.32 Å². The zero-order chi connectivity index (χ0) is 16.1. The van der Waals surface area contributed by atoms with Gasteiger partial charge < -0.3 is 15.0 Å². The maximum absolute atomic E-state index is 12.3. The number of carbonyl (C=O) groups is 1. The van der Waals surface area contributed by atoms with Crippen molar-refractivity contribution in [3.05, 3.63) is 18.0 Å². The van der Waals surface area contributed by atoms with Crippen LogP contribution in [0.2, 0.25) is 0 Å². The summed E-state index contributed by atoms with van der Waals surface area (Å²) in [6.07, 6.45) is 4.97. The lowest BCUT2D eigenvalue weighted by Gasteiger charge is -2.25. The second-order valence-corrected chi connectivity index (χ2v) is 5.93. The summed E-state index contributed by atoms with van der Waals surface area (Å²) < 4.78 is 7.66. The number of nitrogens with zero attached hydrogens (tertiary/aromatic N) is 3. The summed E-state index contributed by atoms with van der Waals surface area (Å²) >= 11 is 0. The highest BCUT2D eigenvalue weighted by molar-refractivity contribution is 5.81. The van der Waals surface area contributed by atoms with Crippen LogP contribution in [-0.4, -0.2) is 52.9 Å². The molecule has 1 aliphatic heterocycles. The molecule has 1 N–H and O–H groups in total. The van der Waals surface area contributed by atoms with Gasteiger partial charge in [-0.05, 0) is 27.2 Å². The number of ether oxygens (including phenoxy) is 1. The van der Waals surface area contributed by atoms with E-state index >= 15 is 0 Å². The SMILES string of the molecule is CCN(CC)C(=O)[C@H](C)NC[C@@H]1CCO[C@H]1c1cnn(C)c1. The standard InChI is InChI=1S/C16H28N4O2/c1-5-20(6-2)16(21)12(3)17-9-13-7-8-22-15(13)14-10-18-19(4)11-14/h10-13,15,17H,5-9H2,1-4H3/t12-,13-,15+/m0/s1. The third kappa shape index (κ3) is 3.87. The van der Waals surface area contributed by atoms with Crippen LogP contribution in [0, 0.1) is 5.92 Å². The zero-order valence-electron chi connectivity index (χ0n) is 14.1. The van der Waals surface area contributed by atoms with Crippen molar-refractivity contribution in [1.29, 1.82) is 0 Å². The molecule has 0 saturated carbocycles. The van der Waals surface area contributed by atoms with Gasteiger partial charge in [0.15, 0.2) is 0 Å². The molecular weight excluding hydrogens is 280 g/mol. The van der Waals surface area contributed by atoms with E-state index in [1.165, 1.54) is 0 Å². The molecule has 0 unspecified atom stereocenters. The van der Waals surface area contributed by atoms with Gasteiger partial charge in [-0.25, -0.2) is 0 Å². The van der Waals surface area contributed by atoms with E-state index in [4.69, 9.17) is 4.74 Å². The summed E-state index contributed by atoms with van der Waals surface area (Å²) in [6, 6.07) is -0.157. The minimum absolute atomic E-state index is 0.0805. The maximum Gasteiger partial charge on any atom is 0.239 e. The van der Waals surface area contributed by atoms with Gasteiger partial charge in [-0.2, -0.15) is 5.10 Å². The number of rotatable bonds is 7. The van der Waals surface area contributed by atoms with Gasteiger partial charge in [0, 0.05) is 51.0 Å². The Morgan fingerprint density at radius 3 is 2.86 bits per heavy atom. The Labute approximate surface area is 132 Å². The quantitative estimate of drug-likeness (QED) is 0.826. The van der Waals surface area contributed by atoms with Crippen LogP contribution in [-0.2, 0) is 16.6 Å². The second-order valence-electron chi connectivity index (χ2n) is 5.93. The van der Waals surface area contributed by atoms with Crippen molar-refractivity contribution in [2.45, 2.75) is 39.3 Å². The van der Waals surface area contributed by atoms with Crippen LogP contribution in [0.25, 0.3) is 0 Å². The van der Waals surface area contributed by atoms with Crippen molar-refractivity contribution in [2.75, 3.05) is 26.2 Å². The first-order valence-electron chi connectivity index (χ1n) is 8.19. The second kappa shape index (κ2) is 7.74. The average molecular weight is 308 g/mol. The molecule has 1 aliphatic rings. The molecule has 2 rings (SSSR count). The molecule has 124 valence electrons. The molecule has 0 bridgehead atoms. The van der Waals surface area contributed by atoms with Crippen molar-refractivity contribution in [3.63, 3.8) is 0 Å². The molecule has 0 spiro atoms. The molecular formula is C16H28N4O2. The molecule has 22 heavy (non-hydrogen) atoms. The lowest BCUT2D eigenvalue weighted by molar-refractivity contribution is -0.132. The van der Waals surface area contributed by atoms with Gasteiger partial charge in [0.05, 0.1) is 18.3 Å². The molecule has 1 amide bonds. The van der Waals surface area contributed by atoms with Crippen LogP contribution in [0.5, 0.6) is 0 Å². The predicted octanol–water partition coefficient (Wildman–Crippen LogP) is 1.34. The predicted molar refractivity (Wildman–Crippen MR) is 85.4 cm³/mol. The zero-order valence-corrected chi connectivity index (χ0v) is 14.1. The Bertz CT molecular complexity index is 484. The van der Waals surface area contributed by atoms with Crippen molar-refractivity contribution in [2.24, 2.45) is 13.0 Å². The maximum atomic E-state index is 12.3. The Balaban J connectivity index is 1.89. The molecule has 1 saturated heterocycles. The van der Waals surface area contributed by atoms with Crippen LogP contribution in [0.15, 0.2) is 12.4 Å². The summed E-state index contributed by atoms with van der Waals surface area (Å²) in [4.78, 5) is 14.1. The molecule has 0 radical (unpaired) electrons. The monoisotopic (exact) mass is 308 g/mol. The molecule has 6 heteroatoms. The van der Waals surface area contributed by atoms with E-state index in [-0.39, 0.29) is 18.1 Å². The minimum atomic E-state index is -0.157. The van der Waals surface area contributed by atoms with Gasteiger partial charge in [0.1, 0.15) is 0 Å². The van der Waals surface area contributed by atoms with E-state index in [2.05, 4.69) is 10.4 Å². The number of amides is 1. The molecule has 0 aliphatic carbocycles. The van der Waals surface area contributed by atoms with Gasteiger partial charge in [-0.15, -0.1) is 0 Å². The number of hydrogen-bond donors (Lipinski definition) is 1. The Morgan fingerprint density at radius 1 is 1.55 bits per heavy atom. The molecule has 6 nitrogen and oxygen atoms in total. The Morgan fingerprint density at radius 2 is 2.27 bits per heavy atom. The fourth-order valence-corrected chi connectivity index (χ4v) is 3.02. The van der Waals surface area contributed by atoms with Crippen molar-refractivity contribution < 1.29 is 9.53 Å². The number of hydrogen-bond acceptors (Lipinski definition) is 4. The van der Waals surface area contributed by atoms with Crippen molar-refractivity contribution in [3.8, 4) is 0 Å². The van der Waals surface area contributed by atoms with E-state index in [9.17, 15) is 4.79 Å². The van der Waals surface area contributed by atoms with E-state index in [0.717, 1.165) is 38.2 Å². The van der Waals surface area contributed by atoms with Crippen LogP contribution >= 0.6 is 0 Å². The van der Waals surface area contributed by atoms with Crippen LogP contribution in [0.3, 0.4) is 0 Å². The molecule has 2 heterocycles. The van der Waals surface area contributed by atoms with Gasteiger partial charge >= 0.3 is 0 Å². The highest BCUT2D eigenvalue weighted by atomic mass is 16.5. The van der Waals surface area contributed by atoms with Gasteiger partial charge in [0.2, 0.25) is 5.91 Å². The molecule has 1 fully saturated rings. The third-order valence-electron chi connectivity index (χ3n) is 4.40. The van der Waals surface area contributed by atoms with Crippen LogP contribution in [0.1, 0.15) is 38.9 Å². The Kier molecular flexibility index (Phi) is 5.97. The summed E-state index contributed by atoms with van der Waals surface area (Å²) in [5.74, 6) is 0.554. The Hall–Kier alpha value is -1.40. The molecule has 1 aromatic heterocycles. The lowest BCUT2D eigenvalue weighted by atomic mass is 9.97. The number of aryl methyl sites for hydroxylation is 1. The number of likely N-dealkylation sites (N-methyl/N-ethyl adjacent to an activating group) is 1. The topological polar surface area (TPSA) is 59.4 Å². The first-order chi connectivity index (χ1) is 10.6. The summed E-state index contributed by atoms with van der Waals surface area (Å²) in [6.45, 7) is 9.03. The smallest absolute Gasteiger partial charge is 0.239 e. The molecule has 0 aromatic carbocycles. The fourth-order valence-electron chi connectivity index (χ4n) is 3.02. The highest BCUT2D eigenvalue weighted by Gasteiger charge is 2.31. The van der Waals surface area contributed by atoms with Crippen molar-refractivity contribution in [1.82, 2.24) is 20.0 Å². The largest absolute Gasteiger partial charge is 0.373 e. The van der Waals surface area contributed by atoms with Crippen LogP contribution in [0.4, 0.5) is 0 Å². The highest BCUT2D eigenvalue weighted by Crippen LogP contribution is 2.33. The third-order valence-corrected chi connectivity index (χ3v) is 4.40. The minimum Gasteiger partial charge on any atom is -0.373 e. The van der Waals surface area contributed by atoms with Gasteiger partial charge in [0.25, 0.3) is 0 Å². The number of aromatic nitrogens is 2. The van der Waals surface area contributed by atoms with Gasteiger partial charge in [-0.3, -0.25) is 9.48 Å². The van der Waals surface area contributed by atoms with E-state index in [0.29, 0.717) is 5.92 Å². The summed E-state index contributed by atoms with van der Waals surface area (Å²) in [5.41, 5.74) is 1.12. The fraction of sp³-hybridized carbons (Fsp3) is 0.750.